The van der Waals surface area contributed by atoms with E-state index in [0.29, 0.717) is 34.8 Å². The van der Waals surface area contributed by atoms with Crippen LogP contribution in [0.5, 0.6) is 0 Å². The maximum atomic E-state index is 12.8. The first-order valence-corrected chi connectivity index (χ1v) is 12.3. The van der Waals surface area contributed by atoms with Gasteiger partial charge in [-0.15, -0.1) is 0 Å². The van der Waals surface area contributed by atoms with Crippen molar-refractivity contribution in [2.75, 3.05) is 18.4 Å². The number of aldehydes is 1. The van der Waals surface area contributed by atoms with E-state index in [2.05, 4.69) is 15.6 Å². The van der Waals surface area contributed by atoms with Gasteiger partial charge in [0.15, 0.2) is 0 Å². The number of hydrogen-bond acceptors (Lipinski definition) is 6. The quantitative estimate of drug-likeness (QED) is 0.202. The summed E-state index contributed by atoms with van der Waals surface area (Å²) in [6, 6.07) is 19.8. The standard InChI is InChI=1S/C29H26ClN5O3/c30-24-8-9-27(33-10-12-36)25(15-24)26(31)18-34-29(38)23-14-22(16-32-17-23)13-20-4-6-21(7-5-20)19-35-11-2-1-3-28(35)37/h1-9,11-12,14-17,31,33H,10,13,18-19H2,(H,34,38). The Morgan fingerprint density at radius 1 is 1.00 bits per heavy atom. The van der Waals surface area contributed by atoms with Crippen molar-refractivity contribution in [1.82, 2.24) is 14.9 Å². The number of halogens is 1. The highest BCUT2D eigenvalue weighted by molar-refractivity contribution is 6.31. The molecule has 2 heterocycles. The third-order valence-corrected chi connectivity index (χ3v) is 6.08. The lowest BCUT2D eigenvalue weighted by Crippen LogP contribution is -2.30. The lowest BCUT2D eigenvalue weighted by molar-refractivity contribution is -0.106. The van der Waals surface area contributed by atoms with Crippen LogP contribution in [0.3, 0.4) is 0 Å². The van der Waals surface area contributed by atoms with Crippen LogP contribution in [0.4, 0.5) is 5.69 Å². The first-order valence-electron chi connectivity index (χ1n) is 11.9. The Kier molecular flexibility index (Phi) is 8.79. The molecule has 3 N–H and O–H groups in total. The smallest absolute Gasteiger partial charge is 0.253 e. The summed E-state index contributed by atoms with van der Waals surface area (Å²) in [6.45, 7) is 0.573. The summed E-state index contributed by atoms with van der Waals surface area (Å²) < 4.78 is 1.65. The molecule has 2 aromatic heterocycles. The van der Waals surface area contributed by atoms with E-state index in [1.54, 1.807) is 47.3 Å². The van der Waals surface area contributed by atoms with Gasteiger partial charge in [-0.25, -0.2) is 0 Å². The van der Waals surface area contributed by atoms with E-state index in [0.717, 1.165) is 23.0 Å². The number of hydrogen-bond donors (Lipinski definition) is 3. The molecule has 0 aliphatic heterocycles. The summed E-state index contributed by atoms with van der Waals surface area (Å²) in [5, 5.41) is 14.6. The van der Waals surface area contributed by atoms with Gasteiger partial charge in [0.2, 0.25) is 0 Å². The number of carbonyl (C=O) groups is 2. The fourth-order valence-electron chi connectivity index (χ4n) is 3.93. The van der Waals surface area contributed by atoms with E-state index in [9.17, 15) is 14.4 Å². The zero-order chi connectivity index (χ0) is 26.9. The molecule has 192 valence electrons. The molecule has 4 aromatic rings. The molecule has 0 aliphatic carbocycles. The normalized spacial score (nSPS) is 10.6. The van der Waals surface area contributed by atoms with Gasteiger partial charge in [0, 0.05) is 40.9 Å². The molecule has 0 radical (unpaired) electrons. The summed E-state index contributed by atoms with van der Waals surface area (Å²) >= 11 is 6.09. The second-order valence-electron chi connectivity index (χ2n) is 8.64. The second kappa shape index (κ2) is 12.6. The minimum absolute atomic E-state index is 0.0227. The summed E-state index contributed by atoms with van der Waals surface area (Å²) in [5.41, 5.74) is 4.52. The number of carbonyl (C=O) groups excluding carboxylic acids is 2. The van der Waals surface area contributed by atoms with Crippen molar-refractivity contribution in [2.45, 2.75) is 13.0 Å². The number of nitrogens with one attached hydrogen (secondary N) is 3. The van der Waals surface area contributed by atoms with Crippen LogP contribution in [0.15, 0.2) is 90.1 Å². The molecule has 9 heteroatoms. The van der Waals surface area contributed by atoms with Crippen molar-refractivity contribution in [3.05, 3.63) is 129 Å². The van der Waals surface area contributed by atoms with Gasteiger partial charge in [-0.05, 0) is 53.4 Å². The Hall–Kier alpha value is -4.56. The van der Waals surface area contributed by atoms with Crippen LogP contribution in [0, 0.1) is 5.41 Å². The topological polar surface area (TPSA) is 117 Å². The molecule has 8 nitrogen and oxygen atoms in total. The third-order valence-electron chi connectivity index (χ3n) is 5.85. The van der Waals surface area contributed by atoms with Gasteiger partial charge in [-0.2, -0.15) is 0 Å². The van der Waals surface area contributed by atoms with Crippen LogP contribution < -0.4 is 16.2 Å². The van der Waals surface area contributed by atoms with Crippen LogP contribution in [-0.4, -0.2) is 40.5 Å². The lowest BCUT2D eigenvalue weighted by Gasteiger charge is -2.13. The maximum absolute atomic E-state index is 12.8. The molecule has 0 atom stereocenters. The Balaban J connectivity index is 1.37. The SMILES string of the molecule is N=C(CNC(=O)c1cncc(Cc2ccc(Cn3ccccc3=O)cc2)c1)c1cc(Cl)ccc1NCC=O. The molecule has 0 spiro atoms. The van der Waals surface area contributed by atoms with Gasteiger partial charge in [-0.1, -0.05) is 41.9 Å². The molecule has 0 aliphatic rings. The van der Waals surface area contributed by atoms with Crippen molar-refractivity contribution >= 4 is 35.2 Å². The van der Waals surface area contributed by atoms with Crippen molar-refractivity contribution < 1.29 is 9.59 Å². The largest absolute Gasteiger partial charge is 0.378 e. The second-order valence-corrected chi connectivity index (χ2v) is 9.08. The average Bonchev–Trinajstić information content (AvgIpc) is 2.93. The van der Waals surface area contributed by atoms with Crippen molar-refractivity contribution in [2.24, 2.45) is 0 Å². The summed E-state index contributed by atoms with van der Waals surface area (Å²) in [6.07, 6.45) is 6.28. The fourth-order valence-corrected chi connectivity index (χ4v) is 4.10. The maximum Gasteiger partial charge on any atom is 0.253 e. The molecule has 0 saturated heterocycles. The number of rotatable bonds is 11. The van der Waals surface area contributed by atoms with Gasteiger partial charge in [0.1, 0.15) is 6.29 Å². The van der Waals surface area contributed by atoms with Crippen LogP contribution in [0.25, 0.3) is 0 Å². The van der Waals surface area contributed by atoms with Crippen molar-refractivity contribution in [3.63, 3.8) is 0 Å². The minimum atomic E-state index is -0.350. The predicted molar refractivity (Wildman–Crippen MR) is 148 cm³/mol. The Morgan fingerprint density at radius 3 is 2.55 bits per heavy atom. The van der Waals surface area contributed by atoms with Crippen LogP contribution in [0.2, 0.25) is 5.02 Å². The number of pyridine rings is 2. The summed E-state index contributed by atoms with van der Waals surface area (Å²) in [4.78, 5) is 39.7. The van der Waals surface area contributed by atoms with E-state index in [-0.39, 0.29) is 30.3 Å². The van der Waals surface area contributed by atoms with Crippen molar-refractivity contribution in [3.8, 4) is 0 Å². The number of anilines is 1. The molecule has 4 rings (SSSR count). The highest BCUT2D eigenvalue weighted by atomic mass is 35.5. The third kappa shape index (κ3) is 7.02. The predicted octanol–water partition coefficient (Wildman–Crippen LogP) is 3.94. The van der Waals surface area contributed by atoms with Crippen molar-refractivity contribution in [1.29, 1.82) is 5.41 Å². The minimum Gasteiger partial charge on any atom is -0.378 e. The Labute approximate surface area is 224 Å². The van der Waals surface area contributed by atoms with Gasteiger partial charge < -0.3 is 25.4 Å². The van der Waals surface area contributed by atoms with E-state index < -0.39 is 0 Å². The highest BCUT2D eigenvalue weighted by Gasteiger charge is 2.12. The molecule has 38 heavy (non-hydrogen) atoms. The zero-order valence-corrected chi connectivity index (χ0v) is 21.2. The van der Waals surface area contributed by atoms with Crippen LogP contribution >= 0.6 is 11.6 Å². The zero-order valence-electron chi connectivity index (χ0n) is 20.5. The summed E-state index contributed by atoms with van der Waals surface area (Å²) in [5.74, 6) is -0.350. The molecule has 0 unspecified atom stereocenters. The van der Waals surface area contributed by atoms with E-state index in [1.165, 1.54) is 12.3 Å². The Morgan fingerprint density at radius 2 is 1.79 bits per heavy atom. The van der Waals surface area contributed by atoms with E-state index in [1.807, 2.05) is 30.3 Å². The molecule has 1 amide bonds. The Bertz CT molecular complexity index is 1520. The number of aromatic nitrogens is 2. The molecule has 0 bridgehead atoms. The number of amides is 1. The molecule has 0 fully saturated rings. The molecule has 2 aromatic carbocycles. The van der Waals surface area contributed by atoms with Gasteiger partial charge in [-0.3, -0.25) is 14.6 Å². The average molecular weight is 528 g/mol. The molecular formula is C29H26ClN5O3. The highest BCUT2D eigenvalue weighted by Crippen LogP contribution is 2.21. The fraction of sp³-hybridized carbons (Fsp3) is 0.138. The van der Waals surface area contributed by atoms with Crippen LogP contribution in [0.1, 0.15) is 32.6 Å². The molecule has 0 saturated carbocycles. The van der Waals surface area contributed by atoms with Gasteiger partial charge >= 0.3 is 0 Å². The van der Waals surface area contributed by atoms with Gasteiger partial charge in [0.25, 0.3) is 11.5 Å². The first-order chi connectivity index (χ1) is 18.4. The van der Waals surface area contributed by atoms with Gasteiger partial charge in [0.05, 0.1) is 30.9 Å². The van der Waals surface area contributed by atoms with E-state index >= 15 is 0 Å². The summed E-state index contributed by atoms with van der Waals surface area (Å²) in [7, 11) is 0. The number of benzene rings is 2. The lowest BCUT2D eigenvalue weighted by atomic mass is 10.0. The van der Waals surface area contributed by atoms with E-state index in [4.69, 9.17) is 17.0 Å². The molecular weight excluding hydrogens is 502 g/mol. The number of nitrogens with zero attached hydrogens (tertiary/aromatic N) is 2. The first kappa shape index (κ1) is 26.5. The van der Waals surface area contributed by atoms with Crippen LogP contribution in [-0.2, 0) is 17.8 Å². The monoisotopic (exact) mass is 527 g/mol.